The molecule has 0 bridgehead atoms. The Hall–Kier alpha value is -2.24. The van der Waals surface area contributed by atoms with Gasteiger partial charge in [0.1, 0.15) is 5.75 Å². The highest BCUT2D eigenvalue weighted by molar-refractivity contribution is 5.79. The molecule has 0 saturated carbocycles. The number of aliphatic imine (C=N–C) groups is 1. The van der Waals surface area contributed by atoms with Crippen LogP contribution in [0.15, 0.2) is 29.3 Å². The van der Waals surface area contributed by atoms with Crippen LogP contribution in [-0.4, -0.2) is 32.1 Å². The lowest BCUT2D eigenvalue weighted by molar-refractivity contribution is -0.119. The molecule has 1 rings (SSSR count). The minimum absolute atomic E-state index is 0.113. The first-order chi connectivity index (χ1) is 11.2. The minimum Gasteiger partial charge on any atom is -0.484 e. The first-order valence-corrected chi connectivity index (χ1v) is 8.10. The number of guanidine groups is 1. The van der Waals surface area contributed by atoms with Crippen LogP contribution < -0.4 is 21.1 Å². The molecule has 4 N–H and O–H groups in total. The number of unbranched alkanes of at least 4 members (excludes halogenated alkanes) is 3. The van der Waals surface area contributed by atoms with Gasteiger partial charge in [0, 0.05) is 20.1 Å². The molecule has 0 aliphatic heterocycles. The highest BCUT2D eigenvalue weighted by atomic mass is 16.5. The molecule has 0 aliphatic rings. The van der Waals surface area contributed by atoms with E-state index in [1.165, 1.54) is 19.3 Å². The van der Waals surface area contributed by atoms with E-state index in [2.05, 4.69) is 22.5 Å². The first kappa shape index (κ1) is 18.8. The van der Waals surface area contributed by atoms with Gasteiger partial charge in [-0.25, -0.2) is 0 Å². The van der Waals surface area contributed by atoms with Gasteiger partial charge in [-0.3, -0.25) is 9.79 Å². The fraction of sp³-hybridized carbons (Fsp3) is 0.529. The summed E-state index contributed by atoms with van der Waals surface area (Å²) in [6.07, 6.45) is 4.89. The number of nitrogens with one attached hydrogen (secondary N) is 2. The van der Waals surface area contributed by atoms with Crippen molar-refractivity contribution in [2.75, 3.05) is 20.2 Å². The summed E-state index contributed by atoms with van der Waals surface area (Å²) in [6.45, 7) is 3.64. The van der Waals surface area contributed by atoms with E-state index in [4.69, 9.17) is 10.5 Å². The fourth-order valence-electron chi connectivity index (χ4n) is 2.06. The smallest absolute Gasteiger partial charge is 0.255 e. The highest BCUT2D eigenvalue weighted by Gasteiger charge is 2.01. The van der Waals surface area contributed by atoms with Crippen molar-refractivity contribution in [3.05, 3.63) is 29.8 Å². The van der Waals surface area contributed by atoms with Gasteiger partial charge in [-0.05, 0) is 24.1 Å². The number of hydrogen-bond donors (Lipinski definition) is 3. The van der Waals surface area contributed by atoms with Crippen LogP contribution in [0.2, 0.25) is 0 Å². The summed E-state index contributed by atoms with van der Waals surface area (Å²) in [5.41, 5.74) is 6.11. The lowest BCUT2D eigenvalue weighted by atomic mass is 10.2. The maximum Gasteiger partial charge on any atom is 0.255 e. The molecular weight excluding hydrogens is 292 g/mol. The van der Waals surface area contributed by atoms with Crippen molar-refractivity contribution in [1.29, 1.82) is 0 Å². The van der Waals surface area contributed by atoms with Crippen molar-refractivity contribution >= 4 is 11.9 Å². The molecule has 23 heavy (non-hydrogen) atoms. The molecule has 1 aromatic carbocycles. The quantitative estimate of drug-likeness (QED) is 0.348. The topological polar surface area (TPSA) is 88.7 Å². The van der Waals surface area contributed by atoms with Gasteiger partial charge in [0.25, 0.3) is 5.91 Å². The van der Waals surface area contributed by atoms with Crippen molar-refractivity contribution in [3.63, 3.8) is 0 Å². The Morgan fingerprint density at radius 3 is 2.78 bits per heavy atom. The molecule has 0 unspecified atom stereocenters. The van der Waals surface area contributed by atoms with E-state index in [-0.39, 0.29) is 6.61 Å². The van der Waals surface area contributed by atoms with E-state index in [0.717, 1.165) is 24.5 Å². The minimum atomic E-state index is -0.485. The molecule has 1 aromatic rings. The second kappa shape index (κ2) is 11.3. The molecule has 0 atom stereocenters. The standard InChI is InChI=1S/C17H28N4O2/c1-3-4-5-6-10-20-17(19-2)21-12-14-8-7-9-15(11-14)23-13-16(18)22/h7-9,11H,3-6,10,12-13H2,1-2H3,(H2,18,22)(H2,19,20,21). The van der Waals surface area contributed by atoms with Gasteiger partial charge in [0.15, 0.2) is 12.6 Å². The summed E-state index contributed by atoms with van der Waals surface area (Å²) >= 11 is 0. The molecule has 0 spiro atoms. The Labute approximate surface area is 138 Å². The molecule has 1 amide bonds. The molecular formula is C17H28N4O2. The maximum atomic E-state index is 10.7. The number of primary amides is 1. The number of ether oxygens (including phenoxy) is 1. The third-order valence-electron chi connectivity index (χ3n) is 3.29. The van der Waals surface area contributed by atoms with Crippen LogP contribution in [0.1, 0.15) is 38.2 Å². The fourth-order valence-corrected chi connectivity index (χ4v) is 2.06. The van der Waals surface area contributed by atoms with Crippen LogP contribution >= 0.6 is 0 Å². The Morgan fingerprint density at radius 1 is 1.26 bits per heavy atom. The summed E-state index contributed by atoms with van der Waals surface area (Å²) < 4.78 is 5.30. The zero-order valence-electron chi connectivity index (χ0n) is 14.1. The Kier molecular flexibility index (Phi) is 9.28. The number of hydrogen-bond acceptors (Lipinski definition) is 3. The Bertz CT molecular complexity index is 503. The summed E-state index contributed by atoms with van der Waals surface area (Å²) in [4.78, 5) is 14.9. The van der Waals surface area contributed by atoms with Gasteiger partial charge in [-0.15, -0.1) is 0 Å². The number of rotatable bonds is 10. The van der Waals surface area contributed by atoms with Crippen molar-refractivity contribution in [1.82, 2.24) is 10.6 Å². The van der Waals surface area contributed by atoms with Gasteiger partial charge in [0.05, 0.1) is 0 Å². The molecule has 0 saturated heterocycles. The molecule has 128 valence electrons. The number of nitrogens with zero attached hydrogens (tertiary/aromatic N) is 1. The van der Waals surface area contributed by atoms with Crippen molar-refractivity contribution < 1.29 is 9.53 Å². The monoisotopic (exact) mass is 320 g/mol. The van der Waals surface area contributed by atoms with Crippen LogP contribution in [0.5, 0.6) is 5.75 Å². The van der Waals surface area contributed by atoms with E-state index >= 15 is 0 Å². The van der Waals surface area contributed by atoms with Crippen LogP contribution in [0, 0.1) is 0 Å². The number of nitrogens with two attached hydrogens (primary N) is 1. The summed E-state index contributed by atoms with van der Waals surface area (Å²) in [7, 11) is 1.76. The van der Waals surface area contributed by atoms with Gasteiger partial charge < -0.3 is 21.1 Å². The molecule has 6 heteroatoms. The average Bonchev–Trinajstić information content (AvgIpc) is 2.56. The van der Waals surface area contributed by atoms with Crippen LogP contribution in [-0.2, 0) is 11.3 Å². The number of amides is 1. The summed E-state index contributed by atoms with van der Waals surface area (Å²) in [5, 5.41) is 6.56. The third-order valence-corrected chi connectivity index (χ3v) is 3.29. The van der Waals surface area contributed by atoms with Gasteiger partial charge >= 0.3 is 0 Å². The van der Waals surface area contributed by atoms with Crippen LogP contribution in [0.4, 0.5) is 0 Å². The number of carbonyl (C=O) groups excluding carboxylic acids is 1. The van der Waals surface area contributed by atoms with Gasteiger partial charge in [0.2, 0.25) is 0 Å². The molecule has 0 radical (unpaired) electrons. The van der Waals surface area contributed by atoms with E-state index in [1.807, 2.05) is 18.2 Å². The third kappa shape index (κ3) is 8.70. The normalized spacial score (nSPS) is 11.1. The summed E-state index contributed by atoms with van der Waals surface area (Å²) in [5.74, 6) is 0.928. The molecule has 0 heterocycles. The molecule has 0 aromatic heterocycles. The largest absolute Gasteiger partial charge is 0.484 e. The second-order valence-corrected chi connectivity index (χ2v) is 5.32. The summed E-state index contributed by atoms with van der Waals surface area (Å²) in [6, 6.07) is 7.55. The molecule has 0 aliphatic carbocycles. The van der Waals surface area contributed by atoms with Crippen molar-refractivity contribution in [2.45, 2.75) is 39.2 Å². The Balaban J connectivity index is 2.37. The lowest BCUT2D eigenvalue weighted by Crippen LogP contribution is -2.37. The number of carbonyl (C=O) groups is 1. The molecule has 6 nitrogen and oxygen atoms in total. The zero-order valence-corrected chi connectivity index (χ0v) is 14.1. The highest BCUT2D eigenvalue weighted by Crippen LogP contribution is 2.13. The van der Waals surface area contributed by atoms with E-state index in [1.54, 1.807) is 13.1 Å². The van der Waals surface area contributed by atoms with E-state index in [0.29, 0.717) is 12.3 Å². The predicted molar refractivity (Wildman–Crippen MR) is 93.5 cm³/mol. The van der Waals surface area contributed by atoms with Gasteiger partial charge in [-0.1, -0.05) is 38.3 Å². The Morgan fingerprint density at radius 2 is 2.09 bits per heavy atom. The molecule has 0 fully saturated rings. The van der Waals surface area contributed by atoms with E-state index in [9.17, 15) is 4.79 Å². The SMILES string of the molecule is CCCCCCNC(=NC)NCc1cccc(OCC(N)=O)c1. The zero-order chi connectivity index (χ0) is 16.9. The van der Waals surface area contributed by atoms with Crippen LogP contribution in [0.3, 0.4) is 0 Å². The number of benzene rings is 1. The predicted octanol–water partition coefficient (Wildman–Crippen LogP) is 1.80. The maximum absolute atomic E-state index is 10.7. The van der Waals surface area contributed by atoms with Crippen molar-refractivity contribution in [2.24, 2.45) is 10.7 Å². The lowest BCUT2D eigenvalue weighted by Gasteiger charge is -2.12. The van der Waals surface area contributed by atoms with Crippen LogP contribution in [0.25, 0.3) is 0 Å². The van der Waals surface area contributed by atoms with Crippen molar-refractivity contribution in [3.8, 4) is 5.75 Å². The van der Waals surface area contributed by atoms with Gasteiger partial charge in [-0.2, -0.15) is 0 Å². The van der Waals surface area contributed by atoms with E-state index < -0.39 is 5.91 Å². The second-order valence-electron chi connectivity index (χ2n) is 5.32. The first-order valence-electron chi connectivity index (χ1n) is 8.10. The average molecular weight is 320 g/mol.